The lowest BCUT2D eigenvalue weighted by Gasteiger charge is -2.21. The normalized spacial score (nSPS) is 14.1. The van der Waals surface area contributed by atoms with Gasteiger partial charge in [0, 0.05) is 25.7 Å². The third-order valence-corrected chi connectivity index (χ3v) is 19.8. The third kappa shape index (κ3) is 70.5. The van der Waals surface area contributed by atoms with Gasteiger partial charge in [0.05, 0.1) is 26.4 Å². The zero-order valence-electron chi connectivity index (χ0n) is 62.8. The lowest BCUT2D eigenvalue weighted by molar-refractivity contribution is -0.161. The molecule has 0 saturated carbocycles. The minimum Gasteiger partial charge on any atom is -0.462 e. The van der Waals surface area contributed by atoms with E-state index in [1.165, 1.54) is 199 Å². The molecule has 19 heteroatoms. The highest BCUT2D eigenvalue weighted by molar-refractivity contribution is 7.47. The summed E-state index contributed by atoms with van der Waals surface area (Å²) in [6.45, 7) is 11.8. The van der Waals surface area contributed by atoms with Gasteiger partial charge in [0.1, 0.15) is 19.3 Å². The Morgan fingerprint density at radius 3 is 0.708 bits per heavy atom. The first-order valence-corrected chi connectivity index (χ1v) is 42.8. The number of hydrogen-bond donors (Lipinski definition) is 3. The number of carbonyl (C=O) groups is 4. The van der Waals surface area contributed by atoms with Crippen LogP contribution in [0.1, 0.15) is 395 Å². The van der Waals surface area contributed by atoms with E-state index in [9.17, 15) is 43.2 Å². The predicted octanol–water partition coefficient (Wildman–Crippen LogP) is 22.6. The summed E-state index contributed by atoms with van der Waals surface area (Å²) in [6, 6.07) is 0. The molecule has 5 atom stereocenters. The lowest BCUT2D eigenvalue weighted by atomic mass is 10.0. The average molecular weight is 1410 g/mol. The van der Waals surface area contributed by atoms with E-state index in [0.717, 1.165) is 102 Å². The molecule has 0 saturated heterocycles. The summed E-state index contributed by atoms with van der Waals surface area (Å²) in [6.07, 6.45) is 54.4. The first-order chi connectivity index (χ1) is 46.2. The number of ether oxygens (including phenoxy) is 4. The molecule has 2 unspecified atom stereocenters. The largest absolute Gasteiger partial charge is 0.472 e. The maximum Gasteiger partial charge on any atom is 0.472 e. The molecule has 0 aromatic rings. The molecule has 17 nitrogen and oxygen atoms in total. The molecule has 0 spiro atoms. The van der Waals surface area contributed by atoms with Gasteiger partial charge in [-0.2, -0.15) is 0 Å². The number of hydrogen-bond acceptors (Lipinski definition) is 15. The van der Waals surface area contributed by atoms with E-state index in [0.29, 0.717) is 37.5 Å². The molecular weight excluding hydrogens is 1260 g/mol. The Bertz CT molecular complexity index is 1870. The fourth-order valence-electron chi connectivity index (χ4n) is 11.8. The van der Waals surface area contributed by atoms with Gasteiger partial charge in [0.25, 0.3) is 0 Å². The molecular formula is C77H150O17P2. The van der Waals surface area contributed by atoms with Crippen LogP contribution in [0.25, 0.3) is 0 Å². The van der Waals surface area contributed by atoms with Crippen LogP contribution in [0.2, 0.25) is 0 Å². The summed E-state index contributed by atoms with van der Waals surface area (Å²) in [5.41, 5.74) is 0. The van der Waals surface area contributed by atoms with Crippen molar-refractivity contribution in [2.75, 3.05) is 39.6 Å². The summed E-state index contributed by atoms with van der Waals surface area (Å²) < 4.78 is 68.5. The van der Waals surface area contributed by atoms with Gasteiger partial charge in [0.2, 0.25) is 0 Å². The van der Waals surface area contributed by atoms with Crippen LogP contribution in [0.15, 0.2) is 0 Å². The van der Waals surface area contributed by atoms with Crippen LogP contribution in [0, 0.1) is 17.8 Å². The first kappa shape index (κ1) is 94.1. The second-order valence-electron chi connectivity index (χ2n) is 29.2. The number of esters is 4. The Kier molecular flexibility index (Phi) is 66.2. The standard InChI is InChI=1S/C77H150O17P2/c1-8-9-10-11-12-13-14-15-16-17-18-21-24-27-30-37-44-51-58-74(79)87-64-72(93-76(81)60-53-46-38-31-28-25-22-19-20-23-26-29-34-41-48-55-68(2)3)66-91-95(83,84)89-62-71(78)63-90-96(85,86)92-67-73(94-77(82)61-54-47-40-33-36-43-50-57-70(6)7)65-88-75(80)59-52-45-39-32-35-42-49-56-69(4)5/h68-73,78H,8-67H2,1-7H3,(H,83,84)(H,85,86)/t71-,72-,73-/m1/s1. The smallest absolute Gasteiger partial charge is 0.462 e. The van der Waals surface area contributed by atoms with Crippen molar-refractivity contribution in [3.05, 3.63) is 0 Å². The number of carbonyl (C=O) groups excluding carboxylic acids is 4. The molecule has 0 rings (SSSR count). The summed E-state index contributed by atoms with van der Waals surface area (Å²) in [7, 11) is -9.91. The Hall–Kier alpha value is -1.94. The fourth-order valence-corrected chi connectivity index (χ4v) is 13.4. The molecule has 0 fully saturated rings. The summed E-state index contributed by atoms with van der Waals surface area (Å²) in [4.78, 5) is 72.8. The van der Waals surface area contributed by atoms with E-state index < -0.39 is 97.5 Å². The number of phosphoric acid groups is 2. The van der Waals surface area contributed by atoms with Gasteiger partial charge in [-0.25, -0.2) is 9.13 Å². The molecule has 0 aliphatic carbocycles. The van der Waals surface area contributed by atoms with Crippen molar-refractivity contribution in [2.45, 2.75) is 414 Å². The van der Waals surface area contributed by atoms with Crippen LogP contribution in [0.4, 0.5) is 0 Å². The molecule has 0 aromatic heterocycles. The molecule has 0 heterocycles. The molecule has 0 amide bonds. The lowest BCUT2D eigenvalue weighted by Crippen LogP contribution is -2.30. The molecule has 570 valence electrons. The molecule has 0 aliphatic rings. The minimum atomic E-state index is -4.96. The third-order valence-electron chi connectivity index (χ3n) is 17.9. The molecule has 3 N–H and O–H groups in total. The number of rotatable bonds is 75. The zero-order chi connectivity index (χ0) is 70.9. The van der Waals surface area contributed by atoms with Crippen molar-refractivity contribution >= 4 is 39.5 Å². The molecule has 0 aromatic carbocycles. The monoisotopic (exact) mass is 1410 g/mol. The van der Waals surface area contributed by atoms with E-state index in [1.807, 2.05) is 0 Å². The van der Waals surface area contributed by atoms with Gasteiger partial charge >= 0.3 is 39.5 Å². The Morgan fingerprint density at radius 1 is 0.281 bits per heavy atom. The van der Waals surface area contributed by atoms with Crippen molar-refractivity contribution < 1.29 is 80.2 Å². The fraction of sp³-hybridized carbons (Fsp3) is 0.948. The maximum atomic E-state index is 13.1. The van der Waals surface area contributed by atoms with Gasteiger partial charge in [-0.1, -0.05) is 344 Å². The summed E-state index contributed by atoms with van der Waals surface area (Å²) >= 11 is 0. The zero-order valence-corrected chi connectivity index (χ0v) is 64.6. The number of phosphoric ester groups is 2. The van der Waals surface area contributed by atoms with Crippen molar-refractivity contribution in [2.24, 2.45) is 17.8 Å². The highest BCUT2D eigenvalue weighted by Gasteiger charge is 2.30. The van der Waals surface area contributed by atoms with Crippen LogP contribution in [-0.2, 0) is 65.4 Å². The van der Waals surface area contributed by atoms with E-state index in [-0.39, 0.29) is 25.7 Å². The molecule has 0 aliphatic heterocycles. The van der Waals surface area contributed by atoms with E-state index in [4.69, 9.17) is 37.0 Å². The SMILES string of the molecule is CCCCCCCCCCCCCCCCCCCCC(=O)OC[C@H](COP(=O)(O)OC[C@@H](O)COP(=O)(O)OC[C@@H](COC(=O)CCCCCCCCCC(C)C)OC(=O)CCCCCCCCCC(C)C)OC(=O)CCCCCCCCCCCCCCCCCC(C)C. The van der Waals surface area contributed by atoms with Crippen molar-refractivity contribution in [3.8, 4) is 0 Å². The molecule has 0 radical (unpaired) electrons. The highest BCUT2D eigenvalue weighted by Crippen LogP contribution is 2.45. The number of aliphatic hydroxyl groups is 1. The van der Waals surface area contributed by atoms with Gasteiger partial charge < -0.3 is 33.8 Å². The topological polar surface area (TPSA) is 237 Å². The number of unbranched alkanes of at least 4 members (excludes halogenated alkanes) is 43. The summed E-state index contributed by atoms with van der Waals surface area (Å²) in [5.74, 6) is 0.0831. The first-order valence-electron chi connectivity index (χ1n) is 39.8. The van der Waals surface area contributed by atoms with Gasteiger partial charge in [-0.05, 0) is 43.4 Å². The average Bonchev–Trinajstić information content (AvgIpc) is 1.75. The van der Waals surface area contributed by atoms with Gasteiger partial charge in [-0.15, -0.1) is 0 Å². The molecule has 96 heavy (non-hydrogen) atoms. The quantitative estimate of drug-likeness (QED) is 0.0222. The highest BCUT2D eigenvalue weighted by atomic mass is 31.2. The Morgan fingerprint density at radius 2 is 0.479 bits per heavy atom. The van der Waals surface area contributed by atoms with Crippen LogP contribution in [0.3, 0.4) is 0 Å². The van der Waals surface area contributed by atoms with Crippen LogP contribution >= 0.6 is 15.6 Å². The summed E-state index contributed by atoms with van der Waals surface area (Å²) in [5, 5.41) is 10.6. The Labute approximate surface area is 588 Å². The van der Waals surface area contributed by atoms with Crippen molar-refractivity contribution in [1.29, 1.82) is 0 Å². The van der Waals surface area contributed by atoms with E-state index in [1.54, 1.807) is 0 Å². The van der Waals surface area contributed by atoms with E-state index >= 15 is 0 Å². The molecule has 0 bridgehead atoms. The van der Waals surface area contributed by atoms with Gasteiger partial charge in [0.15, 0.2) is 12.2 Å². The van der Waals surface area contributed by atoms with Gasteiger partial charge in [-0.3, -0.25) is 37.3 Å². The van der Waals surface area contributed by atoms with Crippen LogP contribution in [-0.4, -0.2) is 96.7 Å². The van der Waals surface area contributed by atoms with Crippen molar-refractivity contribution in [3.63, 3.8) is 0 Å². The van der Waals surface area contributed by atoms with E-state index in [2.05, 4.69) is 48.5 Å². The second kappa shape index (κ2) is 67.5. The maximum absolute atomic E-state index is 13.1. The van der Waals surface area contributed by atoms with Crippen molar-refractivity contribution in [1.82, 2.24) is 0 Å². The van der Waals surface area contributed by atoms with Crippen LogP contribution in [0.5, 0.6) is 0 Å². The second-order valence-corrected chi connectivity index (χ2v) is 32.1. The number of aliphatic hydroxyl groups excluding tert-OH is 1. The minimum absolute atomic E-state index is 0.103. The Balaban J connectivity index is 5.21. The van der Waals surface area contributed by atoms with Crippen LogP contribution < -0.4 is 0 Å². The predicted molar refractivity (Wildman–Crippen MR) is 391 cm³/mol.